The third kappa shape index (κ3) is 6.95. The Bertz CT molecular complexity index is 759. The Kier molecular flexibility index (Phi) is 6.99. The smallest absolute Gasteiger partial charge is 0.450 e. The first-order valence-electron chi connectivity index (χ1n) is 6.27. The summed E-state index contributed by atoms with van der Waals surface area (Å²) < 4.78 is 36.1. The molecule has 25 heavy (non-hydrogen) atoms. The van der Waals surface area contributed by atoms with Gasteiger partial charge in [-0.15, -0.1) is 5.10 Å². The third-order valence-corrected chi connectivity index (χ3v) is 2.56. The van der Waals surface area contributed by atoms with E-state index < -0.39 is 30.2 Å². The number of carboxylic acid groups (broad SMARTS) is 1. The number of aromatic nitrogens is 1. The molecule has 1 rings (SSSR count). The molecule has 0 saturated carbocycles. The Morgan fingerprint density at radius 1 is 1.40 bits per heavy atom. The largest absolute Gasteiger partial charge is 0.477 e. The van der Waals surface area contributed by atoms with Crippen LogP contribution >= 0.6 is 11.6 Å². The van der Waals surface area contributed by atoms with Crippen molar-refractivity contribution in [1.29, 1.82) is 0 Å². The average molecular weight is 378 g/mol. The molecule has 0 radical (unpaired) electrons. The lowest BCUT2D eigenvalue weighted by Crippen LogP contribution is -2.30. The highest BCUT2D eigenvalue weighted by Gasteiger charge is 2.33. The van der Waals surface area contributed by atoms with Gasteiger partial charge in [-0.25, -0.2) is 14.8 Å². The molecular formula is C12H11ClF3N7O2. The number of carbonyl (C=O) groups is 1. The van der Waals surface area contributed by atoms with Crippen LogP contribution in [-0.2, 0) is 4.79 Å². The Morgan fingerprint density at radius 3 is 2.64 bits per heavy atom. The molecule has 0 atom stereocenters. The van der Waals surface area contributed by atoms with Gasteiger partial charge in [0, 0.05) is 11.9 Å². The fraction of sp³-hybridized carbons (Fsp3) is 0.167. The maximum atomic E-state index is 12.0. The summed E-state index contributed by atoms with van der Waals surface area (Å²) in [5, 5.41) is 17.9. The SMILES string of the molecule is NC(=NN=NC/C(N)=C/C(=N/c1ncccc1Cl)C(=O)O)C(F)(F)F. The van der Waals surface area contributed by atoms with Crippen molar-refractivity contribution in [1.82, 2.24) is 4.98 Å². The second kappa shape index (κ2) is 8.73. The van der Waals surface area contributed by atoms with Crippen LogP contribution in [0.2, 0.25) is 5.02 Å². The molecule has 0 aromatic carbocycles. The van der Waals surface area contributed by atoms with Crippen LogP contribution in [0.5, 0.6) is 0 Å². The molecule has 0 aliphatic heterocycles. The van der Waals surface area contributed by atoms with Gasteiger partial charge in [0.05, 0.1) is 5.02 Å². The number of aliphatic carboxylic acids is 1. The molecule has 1 aromatic rings. The minimum atomic E-state index is -4.83. The summed E-state index contributed by atoms with van der Waals surface area (Å²) in [7, 11) is 0. The third-order valence-electron chi connectivity index (χ3n) is 2.27. The van der Waals surface area contributed by atoms with Crippen LogP contribution < -0.4 is 11.5 Å². The number of aliphatic imine (C=N–C) groups is 1. The van der Waals surface area contributed by atoms with Gasteiger partial charge in [-0.2, -0.15) is 18.3 Å². The van der Waals surface area contributed by atoms with Gasteiger partial charge in [0.2, 0.25) is 5.84 Å². The van der Waals surface area contributed by atoms with Crippen LogP contribution in [0.1, 0.15) is 0 Å². The molecule has 0 fully saturated rings. The van der Waals surface area contributed by atoms with Gasteiger partial charge in [-0.1, -0.05) is 11.6 Å². The van der Waals surface area contributed by atoms with E-state index in [1.54, 1.807) is 0 Å². The molecule has 0 saturated heterocycles. The second-order valence-electron chi connectivity index (χ2n) is 4.20. The number of amidine groups is 1. The molecule has 0 spiro atoms. The maximum absolute atomic E-state index is 12.0. The summed E-state index contributed by atoms with van der Waals surface area (Å²) in [6, 6.07) is 2.98. The summed E-state index contributed by atoms with van der Waals surface area (Å²) in [5.41, 5.74) is 9.45. The van der Waals surface area contributed by atoms with E-state index in [1.165, 1.54) is 18.3 Å². The molecule has 5 N–H and O–H groups in total. The molecule has 0 amide bonds. The van der Waals surface area contributed by atoms with Crippen LogP contribution in [0.3, 0.4) is 0 Å². The van der Waals surface area contributed by atoms with Crippen molar-refractivity contribution < 1.29 is 23.1 Å². The Morgan fingerprint density at radius 2 is 2.08 bits per heavy atom. The van der Waals surface area contributed by atoms with Gasteiger partial charge in [-0.3, -0.25) is 0 Å². The first-order chi connectivity index (χ1) is 11.6. The Labute approximate surface area is 143 Å². The normalized spacial score (nSPS) is 14.2. The lowest BCUT2D eigenvalue weighted by atomic mass is 10.3. The molecule has 134 valence electrons. The topological polar surface area (TPSA) is 152 Å². The predicted molar refractivity (Wildman–Crippen MR) is 83.6 cm³/mol. The van der Waals surface area contributed by atoms with E-state index in [4.69, 9.17) is 22.4 Å². The van der Waals surface area contributed by atoms with Crippen molar-refractivity contribution in [3.63, 3.8) is 0 Å². The van der Waals surface area contributed by atoms with Crippen LogP contribution in [0.4, 0.5) is 19.0 Å². The number of alkyl halides is 3. The van der Waals surface area contributed by atoms with Crippen molar-refractivity contribution in [3.05, 3.63) is 35.1 Å². The van der Waals surface area contributed by atoms with Crippen molar-refractivity contribution >= 4 is 34.9 Å². The molecule has 0 unspecified atom stereocenters. The molecule has 1 aromatic heterocycles. The Balaban J connectivity index is 2.90. The highest BCUT2D eigenvalue weighted by molar-refractivity contribution is 6.41. The molecule has 13 heteroatoms. The van der Waals surface area contributed by atoms with Gasteiger partial charge in [0.1, 0.15) is 6.54 Å². The summed E-state index contributed by atoms with van der Waals surface area (Å²) in [6.45, 7) is -0.434. The molecule has 1 heterocycles. The van der Waals surface area contributed by atoms with E-state index in [-0.39, 0.29) is 16.5 Å². The molecular weight excluding hydrogens is 367 g/mol. The zero-order valence-corrected chi connectivity index (χ0v) is 13.0. The van der Waals surface area contributed by atoms with Gasteiger partial charge >= 0.3 is 12.1 Å². The Hall–Kier alpha value is -3.02. The van der Waals surface area contributed by atoms with Crippen LogP contribution in [0.25, 0.3) is 0 Å². The van der Waals surface area contributed by atoms with Crippen LogP contribution in [0.15, 0.2) is 50.5 Å². The lowest BCUT2D eigenvalue weighted by molar-refractivity contribution is -0.129. The fourth-order valence-corrected chi connectivity index (χ4v) is 1.35. The van der Waals surface area contributed by atoms with E-state index >= 15 is 0 Å². The van der Waals surface area contributed by atoms with Crippen molar-refractivity contribution in [2.45, 2.75) is 6.18 Å². The summed E-state index contributed by atoms with van der Waals surface area (Å²) in [6.07, 6.45) is -2.54. The van der Waals surface area contributed by atoms with Crippen molar-refractivity contribution in [2.75, 3.05) is 6.54 Å². The number of nitrogens with two attached hydrogens (primary N) is 2. The molecule has 0 aliphatic rings. The van der Waals surface area contributed by atoms with Crippen LogP contribution in [0, 0.1) is 0 Å². The van der Waals surface area contributed by atoms with Gasteiger partial charge in [-0.05, 0) is 23.4 Å². The highest BCUT2D eigenvalue weighted by Crippen LogP contribution is 2.21. The number of hydrogen-bond donors (Lipinski definition) is 3. The van der Waals surface area contributed by atoms with Gasteiger partial charge in [0.25, 0.3) is 0 Å². The maximum Gasteiger partial charge on any atom is 0.450 e. The molecule has 9 nitrogen and oxygen atoms in total. The number of rotatable bonds is 6. The first kappa shape index (κ1) is 20.0. The van der Waals surface area contributed by atoms with Gasteiger partial charge in [0.15, 0.2) is 11.5 Å². The van der Waals surface area contributed by atoms with E-state index in [2.05, 4.69) is 31.1 Å². The first-order valence-corrected chi connectivity index (χ1v) is 6.64. The second-order valence-corrected chi connectivity index (χ2v) is 4.61. The quantitative estimate of drug-likeness (QED) is 0.299. The zero-order chi connectivity index (χ0) is 19.0. The molecule has 0 aliphatic carbocycles. The minimum Gasteiger partial charge on any atom is -0.477 e. The van der Waals surface area contributed by atoms with Gasteiger partial charge < -0.3 is 16.6 Å². The monoisotopic (exact) mass is 377 g/mol. The number of carboxylic acids is 1. The fourth-order valence-electron chi connectivity index (χ4n) is 1.19. The lowest BCUT2D eigenvalue weighted by Gasteiger charge is -2.01. The number of hydrogen-bond acceptors (Lipinski definition) is 6. The minimum absolute atomic E-state index is 0.0465. The van der Waals surface area contributed by atoms with Crippen molar-refractivity contribution in [2.24, 2.45) is 31.9 Å². The predicted octanol–water partition coefficient (Wildman–Crippen LogP) is 2.02. The van der Waals surface area contributed by atoms with E-state index in [9.17, 15) is 18.0 Å². The number of halogens is 4. The summed E-state index contributed by atoms with van der Waals surface area (Å²) >= 11 is 5.81. The van der Waals surface area contributed by atoms with E-state index in [0.29, 0.717) is 0 Å². The summed E-state index contributed by atoms with van der Waals surface area (Å²) in [5.74, 6) is -3.16. The highest BCUT2D eigenvalue weighted by atomic mass is 35.5. The standard InChI is InChI=1S/C12H11ClF3N7O2/c13-7-2-1-3-19-9(7)21-8(10(24)25)4-6(17)5-20-23-22-11(18)12(14,15)16/h1-4H,5,17H2,(H,24,25)(H2,18,20,22)/b6-4-,21-8-. The van der Waals surface area contributed by atoms with E-state index in [1.807, 2.05) is 0 Å². The summed E-state index contributed by atoms with van der Waals surface area (Å²) in [4.78, 5) is 18.7. The van der Waals surface area contributed by atoms with Crippen molar-refractivity contribution in [3.8, 4) is 0 Å². The molecule has 0 bridgehead atoms. The van der Waals surface area contributed by atoms with Crippen LogP contribution in [-0.4, -0.2) is 40.3 Å². The zero-order valence-electron chi connectivity index (χ0n) is 12.3. The van der Waals surface area contributed by atoms with E-state index in [0.717, 1.165) is 6.08 Å². The number of pyridine rings is 1. The average Bonchev–Trinajstić information content (AvgIpc) is 2.51. The number of nitrogens with zero attached hydrogens (tertiary/aromatic N) is 5.